The number of thiazole rings is 1. The largest absolute Gasteiger partial charge is 0.463 e. The molecule has 124 valence electrons. The summed E-state index contributed by atoms with van der Waals surface area (Å²) in [7, 11) is 0. The number of benzene rings is 2. The van der Waals surface area contributed by atoms with Crippen molar-refractivity contribution in [2.24, 2.45) is 10.1 Å². The summed E-state index contributed by atoms with van der Waals surface area (Å²) in [5.74, 6) is 0.781. The van der Waals surface area contributed by atoms with Gasteiger partial charge < -0.3 is 4.42 Å². The van der Waals surface area contributed by atoms with Crippen LogP contribution in [-0.2, 0) is 0 Å². The van der Waals surface area contributed by atoms with Crippen LogP contribution < -0.4 is 4.80 Å². The van der Waals surface area contributed by atoms with Crippen molar-refractivity contribution < 1.29 is 4.42 Å². The molecule has 2 aromatic heterocycles. The molecule has 0 unspecified atom stereocenters. The van der Waals surface area contributed by atoms with Crippen molar-refractivity contribution >= 4 is 28.3 Å². The predicted octanol–water partition coefficient (Wildman–Crippen LogP) is 4.77. The summed E-state index contributed by atoms with van der Waals surface area (Å²) in [4.78, 5) is 5.39. The van der Waals surface area contributed by atoms with E-state index in [-0.39, 0.29) is 0 Å². The Morgan fingerprint density at radius 3 is 2.80 bits per heavy atom. The molecule has 0 aliphatic heterocycles. The summed E-state index contributed by atoms with van der Waals surface area (Å²) >= 11 is 1.56. The second kappa shape index (κ2) is 6.91. The van der Waals surface area contributed by atoms with Gasteiger partial charge in [0.2, 0.25) is 4.80 Å². The van der Waals surface area contributed by atoms with E-state index in [2.05, 4.69) is 29.3 Å². The molecular weight excluding hydrogens is 330 g/mol. The summed E-state index contributed by atoms with van der Waals surface area (Å²) in [6, 6.07) is 18.3. The van der Waals surface area contributed by atoms with Gasteiger partial charge in [0, 0.05) is 17.5 Å². The van der Waals surface area contributed by atoms with Crippen molar-refractivity contribution in [2.45, 2.75) is 6.92 Å². The fourth-order valence-corrected chi connectivity index (χ4v) is 3.61. The number of aromatic nitrogens is 1. The maximum absolute atomic E-state index is 5.54. The van der Waals surface area contributed by atoms with Crippen molar-refractivity contribution in [3.63, 3.8) is 0 Å². The molecule has 2 heterocycles. The van der Waals surface area contributed by atoms with Crippen LogP contribution >= 0.6 is 11.3 Å². The lowest BCUT2D eigenvalue weighted by Crippen LogP contribution is -2.12. The molecule has 4 nitrogen and oxygen atoms in total. The molecule has 0 aliphatic carbocycles. The van der Waals surface area contributed by atoms with Crippen molar-refractivity contribution in [1.82, 2.24) is 4.68 Å². The minimum absolute atomic E-state index is 0.710. The first-order chi connectivity index (χ1) is 12.4. The van der Waals surface area contributed by atoms with Gasteiger partial charge in [-0.25, -0.2) is 4.68 Å². The Morgan fingerprint density at radius 2 is 1.96 bits per heavy atom. The van der Waals surface area contributed by atoms with Crippen molar-refractivity contribution in [3.8, 4) is 11.5 Å². The minimum atomic E-state index is 0.710. The average Bonchev–Trinajstić information content (AvgIpc) is 3.30. The molecule has 0 fully saturated rings. The van der Waals surface area contributed by atoms with Crippen molar-refractivity contribution in [2.75, 3.05) is 6.54 Å². The molecule has 0 N–H and O–H groups in total. The van der Waals surface area contributed by atoms with Crippen LogP contribution in [0.2, 0.25) is 0 Å². The SMILES string of the molecule is CCN=c1scc(-c2ccco2)n1N=Cc1cccc2ccccc12. The molecule has 0 atom stereocenters. The molecule has 25 heavy (non-hydrogen) atoms. The molecule has 0 aliphatic rings. The number of fused-ring (bicyclic) bond motifs is 1. The van der Waals surface area contributed by atoms with Gasteiger partial charge in [-0.1, -0.05) is 42.5 Å². The van der Waals surface area contributed by atoms with E-state index in [1.54, 1.807) is 17.6 Å². The molecule has 0 amide bonds. The number of rotatable bonds is 4. The summed E-state index contributed by atoms with van der Waals surface area (Å²) in [6.07, 6.45) is 3.55. The zero-order valence-corrected chi connectivity index (χ0v) is 14.6. The second-order valence-corrected chi connectivity index (χ2v) is 6.32. The van der Waals surface area contributed by atoms with Crippen LogP contribution in [0.4, 0.5) is 0 Å². The van der Waals surface area contributed by atoms with Gasteiger partial charge in [-0.2, -0.15) is 5.10 Å². The minimum Gasteiger partial charge on any atom is -0.463 e. The molecule has 5 heteroatoms. The van der Waals surface area contributed by atoms with E-state index < -0.39 is 0 Å². The molecule has 0 saturated heterocycles. The van der Waals surface area contributed by atoms with E-state index in [0.717, 1.165) is 21.8 Å². The molecule has 4 aromatic rings. The molecule has 2 aromatic carbocycles. The Labute approximate surface area is 149 Å². The summed E-state index contributed by atoms with van der Waals surface area (Å²) in [6.45, 7) is 2.73. The number of hydrogen-bond acceptors (Lipinski definition) is 4. The van der Waals surface area contributed by atoms with Gasteiger partial charge in [-0.15, -0.1) is 11.3 Å². The van der Waals surface area contributed by atoms with Gasteiger partial charge in [-0.3, -0.25) is 4.99 Å². The van der Waals surface area contributed by atoms with Crippen LogP contribution in [0.3, 0.4) is 0 Å². The van der Waals surface area contributed by atoms with E-state index in [9.17, 15) is 0 Å². The van der Waals surface area contributed by atoms with Gasteiger partial charge >= 0.3 is 0 Å². The maximum atomic E-state index is 5.54. The quantitative estimate of drug-likeness (QED) is 0.491. The molecular formula is C20H17N3OS. The molecule has 0 spiro atoms. The Kier molecular flexibility index (Phi) is 4.31. The van der Waals surface area contributed by atoms with Crippen LogP contribution in [0.5, 0.6) is 0 Å². The smallest absolute Gasteiger partial charge is 0.206 e. The highest BCUT2D eigenvalue weighted by atomic mass is 32.1. The summed E-state index contributed by atoms with van der Waals surface area (Å²) in [5.41, 5.74) is 1.98. The molecule has 0 radical (unpaired) electrons. The lowest BCUT2D eigenvalue weighted by Gasteiger charge is -2.03. The van der Waals surface area contributed by atoms with E-state index in [0.29, 0.717) is 6.54 Å². The van der Waals surface area contributed by atoms with Crippen molar-refractivity contribution in [1.29, 1.82) is 0 Å². The van der Waals surface area contributed by atoms with Crippen LogP contribution in [0, 0.1) is 0 Å². The Balaban J connectivity index is 1.83. The third kappa shape index (κ3) is 3.06. The molecule has 0 saturated carbocycles. The Morgan fingerprint density at radius 1 is 1.08 bits per heavy atom. The lowest BCUT2D eigenvalue weighted by atomic mass is 10.1. The number of furan rings is 1. The zero-order chi connectivity index (χ0) is 17.1. The van der Waals surface area contributed by atoms with E-state index in [1.807, 2.05) is 53.5 Å². The van der Waals surface area contributed by atoms with E-state index >= 15 is 0 Å². The summed E-state index contributed by atoms with van der Waals surface area (Å²) < 4.78 is 7.39. The first-order valence-corrected chi connectivity index (χ1v) is 9.02. The highest BCUT2D eigenvalue weighted by Gasteiger charge is 2.09. The zero-order valence-electron chi connectivity index (χ0n) is 13.8. The fraction of sp³-hybridized carbons (Fsp3) is 0.100. The highest BCUT2D eigenvalue weighted by molar-refractivity contribution is 7.07. The third-order valence-electron chi connectivity index (χ3n) is 3.89. The fourth-order valence-electron chi connectivity index (χ4n) is 2.73. The van der Waals surface area contributed by atoms with Crippen LogP contribution in [0.15, 0.2) is 80.8 Å². The van der Waals surface area contributed by atoms with Gasteiger partial charge in [0.25, 0.3) is 0 Å². The Hall–Kier alpha value is -2.92. The molecule has 0 bridgehead atoms. The van der Waals surface area contributed by atoms with Gasteiger partial charge in [0.1, 0.15) is 5.69 Å². The van der Waals surface area contributed by atoms with Crippen LogP contribution in [0.1, 0.15) is 12.5 Å². The predicted molar refractivity (Wildman–Crippen MR) is 103 cm³/mol. The van der Waals surface area contributed by atoms with Gasteiger partial charge in [-0.05, 0) is 29.8 Å². The third-order valence-corrected chi connectivity index (χ3v) is 4.74. The van der Waals surface area contributed by atoms with Crippen molar-refractivity contribution in [3.05, 3.63) is 76.6 Å². The standard InChI is InChI=1S/C20H17N3OS/c1-2-21-20-23(18(14-25-20)19-11-6-12-24-19)22-13-16-9-5-8-15-7-3-4-10-17(15)16/h3-14H,2H2,1H3. The number of hydrogen-bond donors (Lipinski definition) is 0. The lowest BCUT2D eigenvalue weighted by molar-refractivity contribution is 0.575. The number of nitrogens with zero attached hydrogens (tertiary/aromatic N) is 3. The first-order valence-electron chi connectivity index (χ1n) is 8.14. The highest BCUT2D eigenvalue weighted by Crippen LogP contribution is 2.21. The first kappa shape index (κ1) is 15.6. The summed E-state index contributed by atoms with van der Waals surface area (Å²) in [5, 5.41) is 9.11. The van der Waals surface area contributed by atoms with E-state index in [1.165, 1.54) is 10.8 Å². The second-order valence-electron chi connectivity index (χ2n) is 5.48. The molecule has 4 rings (SSSR count). The van der Waals surface area contributed by atoms with Crippen LogP contribution in [0.25, 0.3) is 22.2 Å². The van der Waals surface area contributed by atoms with Gasteiger partial charge in [0.15, 0.2) is 5.76 Å². The maximum Gasteiger partial charge on any atom is 0.206 e. The normalized spacial score (nSPS) is 12.4. The van der Waals surface area contributed by atoms with E-state index in [4.69, 9.17) is 9.52 Å². The Bertz CT molecular complexity index is 1080. The average molecular weight is 347 g/mol. The van der Waals surface area contributed by atoms with Crippen LogP contribution in [-0.4, -0.2) is 17.4 Å². The monoisotopic (exact) mass is 347 g/mol. The topological polar surface area (TPSA) is 42.8 Å². The van der Waals surface area contributed by atoms with Gasteiger partial charge in [0.05, 0.1) is 12.5 Å².